The highest BCUT2D eigenvalue weighted by molar-refractivity contribution is 7.10. The smallest absolute Gasteiger partial charge is 0.407 e. The van der Waals surface area contributed by atoms with E-state index in [4.69, 9.17) is 10.5 Å². The predicted molar refractivity (Wildman–Crippen MR) is 88.0 cm³/mol. The molecule has 0 bridgehead atoms. The molecule has 0 saturated heterocycles. The predicted octanol–water partition coefficient (Wildman–Crippen LogP) is 2.24. The van der Waals surface area contributed by atoms with Gasteiger partial charge in [0, 0.05) is 22.8 Å². The second-order valence-electron chi connectivity index (χ2n) is 6.18. The van der Waals surface area contributed by atoms with Crippen molar-refractivity contribution in [1.82, 2.24) is 10.6 Å². The molecule has 1 aromatic heterocycles. The van der Waals surface area contributed by atoms with E-state index in [1.165, 1.54) is 11.3 Å². The number of nitrogens with two attached hydrogens (primary N) is 1. The van der Waals surface area contributed by atoms with Crippen molar-refractivity contribution in [2.24, 2.45) is 5.73 Å². The summed E-state index contributed by atoms with van der Waals surface area (Å²) in [7, 11) is 0. The fourth-order valence-corrected chi connectivity index (χ4v) is 2.56. The summed E-state index contributed by atoms with van der Waals surface area (Å²) in [4.78, 5) is 23.6. The molecule has 1 aromatic rings. The van der Waals surface area contributed by atoms with E-state index in [1.54, 1.807) is 11.4 Å². The summed E-state index contributed by atoms with van der Waals surface area (Å²) >= 11 is 1.50. The van der Waals surface area contributed by atoms with Gasteiger partial charge in [0.25, 0.3) is 0 Å². The van der Waals surface area contributed by atoms with Crippen molar-refractivity contribution in [2.75, 3.05) is 6.54 Å². The number of nitrogens with one attached hydrogen (secondary N) is 2. The van der Waals surface area contributed by atoms with Gasteiger partial charge in [-0.2, -0.15) is 0 Å². The number of carbonyl (C=O) groups is 2. The van der Waals surface area contributed by atoms with Crippen LogP contribution in [0.4, 0.5) is 4.79 Å². The Morgan fingerprint density at radius 1 is 1.41 bits per heavy atom. The molecule has 1 atom stereocenters. The number of hydrogen-bond acceptors (Lipinski definition) is 5. The minimum atomic E-state index is -0.487. The SMILES string of the molecule is CC(CCNCc1cc(C(N)=O)cs1)NC(=O)OC(C)(C)C. The molecule has 1 unspecified atom stereocenters. The lowest BCUT2D eigenvalue weighted by molar-refractivity contribution is 0.0506. The Labute approximate surface area is 135 Å². The van der Waals surface area contributed by atoms with Gasteiger partial charge < -0.3 is 21.1 Å². The van der Waals surface area contributed by atoms with E-state index in [1.807, 2.05) is 27.7 Å². The zero-order chi connectivity index (χ0) is 16.8. The first-order chi connectivity index (χ1) is 10.2. The van der Waals surface area contributed by atoms with Crippen LogP contribution in [-0.4, -0.2) is 30.2 Å². The molecule has 6 nitrogen and oxygen atoms in total. The van der Waals surface area contributed by atoms with E-state index in [2.05, 4.69) is 10.6 Å². The van der Waals surface area contributed by atoms with E-state index in [9.17, 15) is 9.59 Å². The Morgan fingerprint density at radius 3 is 2.64 bits per heavy atom. The van der Waals surface area contributed by atoms with Crippen LogP contribution >= 0.6 is 11.3 Å². The van der Waals surface area contributed by atoms with Crippen LogP contribution < -0.4 is 16.4 Å². The van der Waals surface area contributed by atoms with Crippen LogP contribution in [0.2, 0.25) is 0 Å². The van der Waals surface area contributed by atoms with Gasteiger partial charge in [0.1, 0.15) is 5.60 Å². The first kappa shape index (κ1) is 18.4. The van der Waals surface area contributed by atoms with Gasteiger partial charge >= 0.3 is 6.09 Å². The second kappa shape index (κ2) is 8.14. The summed E-state index contributed by atoms with van der Waals surface area (Å²) < 4.78 is 5.20. The molecule has 0 fully saturated rings. The van der Waals surface area contributed by atoms with Crippen LogP contribution in [0.15, 0.2) is 11.4 Å². The summed E-state index contributed by atoms with van der Waals surface area (Å²) in [5.74, 6) is -0.405. The van der Waals surface area contributed by atoms with Crippen LogP contribution in [0.1, 0.15) is 49.4 Å². The molecule has 2 amide bonds. The molecular formula is C15H25N3O3S. The third-order valence-corrected chi connectivity index (χ3v) is 3.69. The van der Waals surface area contributed by atoms with Gasteiger partial charge in [-0.15, -0.1) is 11.3 Å². The van der Waals surface area contributed by atoms with Gasteiger partial charge in [0.2, 0.25) is 5.91 Å². The van der Waals surface area contributed by atoms with Crippen molar-refractivity contribution in [1.29, 1.82) is 0 Å². The maximum Gasteiger partial charge on any atom is 0.407 e. The van der Waals surface area contributed by atoms with E-state index in [0.717, 1.165) is 17.8 Å². The molecule has 7 heteroatoms. The molecule has 0 aromatic carbocycles. The standard InChI is InChI=1S/C15H25N3O3S/c1-10(18-14(20)21-15(2,3)4)5-6-17-8-12-7-11(9-22-12)13(16)19/h7,9-10,17H,5-6,8H2,1-4H3,(H2,16,19)(H,18,20). The Bertz CT molecular complexity index is 508. The molecule has 0 saturated carbocycles. The molecule has 22 heavy (non-hydrogen) atoms. The van der Waals surface area contributed by atoms with Crippen LogP contribution in [0.5, 0.6) is 0 Å². The number of rotatable bonds is 7. The number of alkyl carbamates (subject to hydrolysis) is 1. The van der Waals surface area contributed by atoms with Crippen molar-refractivity contribution < 1.29 is 14.3 Å². The monoisotopic (exact) mass is 327 g/mol. The van der Waals surface area contributed by atoms with Gasteiger partial charge in [0.05, 0.1) is 5.56 Å². The van der Waals surface area contributed by atoms with Gasteiger partial charge in [-0.05, 0) is 46.7 Å². The molecule has 0 radical (unpaired) electrons. The first-order valence-corrected chi connectivity index (χ1v) is 8.13. The van der Waals surface area contributed by atoms with Crippen molar-refractivity contribution in [2.45, 2.75) is 52.3 Å². The Morgan fingerprint density at radius 2 is 2.09 bits per heavy atom. The zero-order valence-corrected chi connectivity index (χ0v) is 14.4. The Kier molecular flexibility index (Phi) is 6.83. The number of hydrogen-bond donors (Lipinski definition) is 3. The molecule has 0 aliphatic carbocycles. The lowest BCUT2D eigenvalue weighted by atomic mass is 10.2. The average molecular weight is 327 g/mol. The number of thiophene rings is 1. The molecule has 0 aliphatic rings. The maximum atomic E-state index is 11.6. The van der Waals surface area contributed by atoms with Gasteiger partial charge in [-0.1, -0.05) is 0 Å². The fourth-order valence-electron chi connectivity index (χ4n) is 1.71. The molecule has 1 heterocycles. The van der Waals surface area contributed by atoms with E-state index in [0.29, 0.717) is 12.1 Å². The summed E-state index contributed by atoms with van der Waals surface area (Å²) in [6.07, 6.45) is 0.386. The Balaban J connectivity index is 2.20. The van der Waals surface area contributed by atoms with Gasteiger partial charge in [0.15, 0.2) is 0 Å². The van der Waals surface area contributed by atoms with Crippen LogP contribution in [0, 0.1) is 0 Å². The summed E-state index contributed by atoms with van der Waals surface area (Å²) in [5.41, 5.74) is 5.26. The normalized spacial score (nSPS) is 12.7. The van der Waals surface area contributed by atoms with E-state index < -0.39 is 17.6 Å². The first-order valence-electron chi connectivity index (χ1n) is 7.25. The molecule has 0 spiro atoms. The van der Waals surface area contributed by atoms with Gasteiger partial charge in [-0.3, -0.25) is 4.79 Å². The van der Waals surface area contributed by atoms with Crippen LogP contribution in [-0.2, 0) is 11.3 Å². The summed E-state index contributed by atoms with van der Waals surface area (Å²) in [6, 6.07) is 1.81. The van der Waals surface area contributed by atoms with Crippen molar-refractivity contribution in [3.63, 3.8) is 0 Å². The molecule has 4 N–H and O–H groups in total. The van der Waals surface area contributed by atoms with Gasteiger partial charge in [-0.25, -0.2) is 4.79 Å². The van der Waals surface area contributed by atoms with Crippen molar-refractivity contribution >= 4 is 23.3 Å². The number of primary amides is 1. The van der Waals surface area contributed by atoms with E-state index in [-0.39, 0.29) is 6.04 Å². The highest BCUT2D eigenvalue weighted by Gasteiger charge is 2.17. The van der Waals surface area contributed by atoms with E-state index >= 15 is 0 Å². The van der Waals surface area contributed by atoms with Crippen molar-refractivity contribution in [3.8, 4) is 0 Å². The largest absolute Gasteiger partial charge is 0.444 e. The third-order valence-electron chi connectivity index (χ3n) is 2.75. The summed E-state index contributed by atoms with van der Waals surface area (Å²) in [6.45, 7) is 8.86. The third kappa shape index (κ3) is 7.42. The minimum Gasteiger partial charge on any atom is -0.444 e. The second-order valence-corrected chi connectivity index (χ2v) is 7.17. The van der Waals surface area contributed by atoms with Crippen molar-refractivity contribution in [3.05, 3.63) is 21.9 Å². The quantitative estimate of drug-likeness (QED) is 0.670. The lowest BCUT2D eigenvalue weighted by Crippen LogP contribution is -2.38. The minimum absolute atomic E-state index is 0.0202. The van der Waals surface area contributed by atoms with Crippen LogP contribution in [0.25, 0.3) is 0 Å². The topological polar surface area (TPSA) is 93.5 Å². The van der Waals surface area contributed by atoms with Crippen LogP contribution in [0.3, 0.4) is 0 Å². The number of ether oxygens (including phenoxy) is 1. The molecular weight excluding hydrogens is 302 g/mol. The average Bonchev–Trinajstić information content (AvgIpc) is 2.81. The lowest BCUT2D eigenvalue weighted by Gasteiger charge is -2.22. The number of carbonyl (C=O) groups excluding carboxylic acids is 2. The summed E-state index contributed by atoms with van der Waals surface area (Å²) in [5, 5.41) is 7.82. The highest BCUT2D eigenvalue weighted by atomic mass is 32.1. The zero-order valence-electron chi connectivity index (χ0n) is 13.6. The number of amides is 2. The highest BCUT2D eigenvalue weighted by Crippen LogP contribution is 2.13. The Hall–Kier alpha value is -1.60. The molecule has 0 aliphatic heterocycles. The molecule has 124 valence electrons. The fraction of sp³-hybridized carbons (Fsp3) is 0.600. The maximum absolute atomic E-state index is 11.6. The molecule has 1 rings (SSSR count).